The van der Waals surface area contributed by atoms with Gasteiger partial charge >= 0.3 is 0 Å². The molecule has 3 rings (SSSR count). The third kappa shape index (κ3) is 4.89. The van der Waals surface area contributed by atoms with Crippen molar-refractivity contribution in [2.24, 2.45) is 0 Å². The highest BCUT2D eigenvalue weighted by Gasteiger charge is 2.13. The van der Waals surface area contributed by atoms with E-state index in [9.17, 15) is 9.59 Å². The second-order valence-corrected chi connectivity index (χ2v) is 6.00. The highest BCUT2D eigenvalue weighted by atomic mass is 16.7. The standard InChI is InChI=1S/C19H21N3O4/c1-13-2-6-15(7-3-13)20-11-19(24)22-21-18(23)9-5-14-4-8-16-17(10-14)26-12-25-16/h2-4,6-8,10,20H,5,9,11-12H2,1H3,(H,21,23)(H,22,24). The van der Waals surface area contributed by atoms with E-state index in [0.29, 0.717) is 17.9 Å². The first-order chi connectivity index (χ1) is 12.6. The Kier molecular flexibility index (Phi) is 5.58. The van der Waals surface area contributed by atoms with Gasteiger partial charge in [0.1, 0.15) is 0 Å². The van der Waals surface area contributed by atoms with Gasteiger partial charge in [0.05, 0.1) is 6.54 Å². The number of benzene rings is 2. The van der Waals surface area contributed by atoms with Crippen LogP contribution in [0.25, 0.3) is 0 Å². The molecule has 26 heavy (non-hydrogen) atoms. The molecule has 0 saturated heterocycles. The van der Waals surface area contributed by atoms with Crippen molar-refractivity contribution in [1.29, 1.82) is 0 Å². The molecule has 0 radical (unpaired) electrons. The highest BCUT2D eigenvalue weighted by Crippen LogP contribution is 2.32. The summed E-state index contributed by atoms with van der Waals surface area (Å²) in [7, 11) is 0. The Morgan fingerprint density at radius 1 is 0.962 bits per heavy atom. The molecule has 2 aromatic rings. The van der Waals surface area contributed by atoms with E-state index >= 15 is 0 Å². The molecule has 7 heteroatoms. The smallest absolute Gasteiger partial charge is 0.257 e. The summed E-state index contributed by atoms with van der Waals surface area (Å²) < 4.78 is 10.6. The predicted octanol–water partition coefficient (Wildman–Crippen LogP) is 1.92. The van der Waals surface area contributed by atoms with Crippen LogP contribution in [0.1, 0.15) is 17.5 Å². The van der Waals surface area contributed by atoms with Crippen molar-refractivity contribution in [3.63, 3.8) is 0 Å². The lowest BCUT2D eigenvalue weighted by atomic mass is 10.1. The number of hydrazine groups is 1. The molecule has 0 unspecified atom stereocenters. The SMILES string of the molecule is Cc1ccc(NCC(=O)NNC(=O)CCc2ccc3c(c2)OCO3)cc1. The van der Waals surface area contributed by atoms with Crippen molar-refractivity contribution < 1.29 is 19.1 Å². The summed E-state index contributed by atoms with van der Waals surface area (Å²) >= 11 is 0. The normalized spacial score (nSPS) is 11.7. The van der Waals surface area contributed by atoms with Gasteiger partial charge in [-0.25, -0.2) is 0 Å². The van der Waals surface area contributed by atoms with E-state index < -0.39 is 0 Å². The number of amides is 2. The van der Waals surface area contributed by atoms with Gasteiger partial charge in [0.25, 0.3) is 5.91 Å². The van der Waals surface area contributed by atoms with Gasteiger partial charge in [0.2, 0.25) is 12.7 Å². The number of carbonyl (C=O) groups is 2. The maximum atomic E-state index is 11.9. The molecule has 0 saturated carbocycles. The van der Waals surface area contributed by atoms with Gasteiger partial charge in [-0.15, -0.1) is 0 Å². The quantitative estimate of drug-likeness (QED) is 0.689. The highest BCUT2D eigenvalue weighted by molar-refractivity contribution is 5.84. The fourth-order valence-electron chi connectivity index (χ4n) is 2.45. The molecular formula is C19H21N3O4. The Balaban J connectivity index is 1.35. The number of nitrogens with one attached hydrogen (secondary N) is 3. The third-order valence-electron chi connectivity index (χ3n) is 3.92. The van der Waals surface area contributed by atoms with Crippen LogP contribution in [0.5, 0.6) is 11.5 Å². The molecule has 1 aliphatic rings. The lowest BCUT2D eigenvalue weighted by molar-refractivity contribution is -0.128. The number of hydrogen-bond donors (Lipinski definition) is 3. The van der Waals surface area contributed by atoms with E-state index in [1.807, 2.05) is 49.4 Å². The van der Waals surface area contributed by atoms with Crippen molar-refractivity contribution in [2.45, 2.75) is 19.8 Å². The zero-order valence-corrected chi connectivity index (χ0v) is 14.5. The summed E-state index contributed by atoms with van der Waals surface area (Å²) in [5.41, 5.74) is 7.78. The summed E-state index contributed by atoms with van der Waals surface area (Å²) in [5.74, 6) is 0.832. The Morgan fingerprint density at radius 3 is 2.50 bits per heavy atom. The summed E-state index contributed by atoms with van der Waals surface area (Å²) in [6.07, 6.45) is 0.797. The van der Waals surface area contributed by atoms with Gasteiger partial charge < -0.3 is 14.8 Å². The van der Waals surface area contributed by atoms with Gasteiger partial charge in [-0.2, -0.15) is 0 Å². The van der Waals surface area contributed by atoms with E-state index in [1.165, 1.54) is 0 Å². The summed E-state index contributed by atoms with van der Waals surface area (Å²) in [6.45, 7) is 2.29. The van der Waals surface area contributed by atoms with Crippen LogP contribution in [0.4, 0.5) is 5.69 Å². The molecule has 0 fully saturated rings. The van der Waals surface area contributed by atoms with Gasteiger partial charge in [0, 0.05) is 12.1 Å². The van der Waals surface area contributed by atoms with Gasteiger partial charge in [-0.1, -0.05) is 23.8 Å². The van der Waals surface area contributed by atoms with Crippen molar-refractivity contribution in [3.05, 3.63) is 53.6 Å². The average molecular weight is 355 g/mol. The molecule has 0 bridgehead atoms. The first kappa shape index (κ1) is 17.6. The minimum atomic E-state index is -0.318. The van der Waals surface area contributed by atoms with Crippen LogP contribution in [0.3, 0.4) is 0 Å². The van der Waals surface area contributed by atoms with Crippen LogP contribution < -0.4 is 25.6 Å². The molecule has 0 spiro atoms. The average Bonchev–Trinajstić information content (AvgIpc) is 3.12. The van der Waals surface area contributed by atoms with Gasteiger partial charge in [-0.3, -0.25) is 20.4 Å². The number of rotatable bonds is 6. The van der Waals surface area contributed by atoms with Crippen molar-refractivity contribution in [2.75, 3.05) is 18.7 Å². The predicted molar refractivity (Wildman–Crippen MR) is 96.8 cm³/mol. The summed E-state index contributed by atoms with van der Waals surface area (Å²) in [6, 6.07) is 13.3. The minimum absolute atomic E-state index is 0.0749. The van der Waals surface area contributed by atoms with Crippen molar-refractivity contribution >= 4 is 17.5 Å². The number of hydrogen-bond acceptors (Lipinski definition) is 5. The van der Waals surface area contributed by atoms with Crippen LogP contribution in [0.15, 0.2) is 42.5 Å². The maximum absolute atomic E-state index is 11.9. The Hall–Kier alpha value is -3.22. The zero-order valence-electron chi connectivity index (χ0n) is 14.5. The maximum Gasteiger partial charge on any atom is 0.257 e. The second kappa shape index (κ2) is 8.24. The molecular weight excluding hydrogens is 334 g/mol. The van der Waals surface area contributed by atoms with E-state index in [4.69, 9.17) is 9.47 Å². The summed E-state index contributed by atoms with van der Waals surface area (Å²) in [5, 5.41) is 2.99. The van der Waals surface area contributed by atoms with Crippen LogP contribution in [-0.2, 0) is 16.0 Å². The van der Waals surface area contributed by atoms with Crippen LogP contribution >= 0.6 is 0 Å². The number of aryl methyl sites for hydroxylation is 2. The lowest BCUT2D eigenvalue weighted by Gasteiger charge is -2.09. The molecule has 3 N–H and O–H groups in total. The number of fused-ring (bicyclic) bond motifs is 1. The number of anilines is 1. The zero-order chi connectivity index (χ0) is 18.4. The lowest BCUT2D eigenvalue weighted by Crippen LogP contribution is -2.44. The van der Waals surface area contributed by atoms with E-state index in [0.717, 1.165) is 16.8 Å². The van der Waals surface area contributed by atoms with E-state index in [1.54, 1.807) is 0 Å². The van der Waals surface area contributed by atoms with Gasteiger partial charge in [0.15, 0.2) is 11.5 Å². The number of carbonyl (C=O) groups excluding carboxylic acids is 2. The molecule has 0 aromatic heterocycles. The van der Waals surface area contributed by atoms with Gasteiger partial charge in [-0.05, 0) is 43.2 Å². The minimum Gasteiger partial charge on any atom is -0.454 e. The van der Waals surface area contributed by atoms with Crippen LogP contribution in [-0.4, -0.2) is 25.2 Å². The van der Waals surface area contributed by atoms with Crippen LogP contribution in [0, 0.1) is 6.92 Å². The fraction of sp³-hybridized carbons (Fsp3) is 0.263. The fourth-order valence-corrected chi connectivity index (χ4v) is 2.45. The summed E-state index contributed by atoms with van der Waals surface area (Å²) in [4.78, 5) is 23.6. The third-order valence-corrected chi connectivity index (χ3v) is 3.92. The van der Waals surface area contributed by atoms with Crippen molar-refractivity contribution in [1.82, 2.24) is 10.9 Å². The molecule has 2 aromatic carbocycles. The Bertz CT molecular complexity index is 790. The molecule has 1 aliphatic heterocycles. The molecule has 136 valence electrons. The Morgan fingerprint density at radius 2 is 1.69 bits per heavy atom. The topological polar surface area (TPSA) is 88.7 Å². The van der Waals surface area contributed by atoms with E-state index in [2.05, 4.69) is 16.2 Å². The van der Waals surface area contributed by atoms with Crippen LogP contribution in [0.2, 0.25) is 0 Å². The first-order valence-electron chi connectivity index (χ1n) is 8.37. The molecule has 0 aliphatic carbocycles. The molecule has 7 nitrogen and oxygen atoms in total. The number of ether oxygens (including phenoxy) is 2. The molecule has 0 atom stereocenters. The largest absolute Gasteiger partial charge is 0.454 e. The second-order valence-electron chi connectivity index (χ2n) is 6.00. The monoisotopic (exact) mass is 355 g/mol. The van der Waals surface area contributed by atoms with Crippen molar-refractivity contribution in [3.8, 4) is 11.5 Å². The first-order valence-corrected chi connectivity index (χ1v) is 8.37. The van der Waals surface area contributed by atoms with E-state index in [-0.39, 0.29) is 31.6 Å². The molecule has 1 heterocycles. The Labute approximate surface area is 151 Å². The molecule has 2 amide bonds.